The lowest BCUT2D eigenvalue weighted by Crippen LogP contribution is -2.12. The molecule has 2 heterocycles. The van der Waals surface area contributed by atoms with Crippen LogP contribution in [0, 0.1) is 19.7 Å². The van der Waals surface area contributed by atoms with E-state index in [0.29, 0.717) is 28.5 Å². The van der Waals surface area contributed by atoms with Crippen molar-refractivity contribution in [3.05, 3.63) is 64.7 Å². The van der Waals surface area contributed by atoms with Gasteiger partial charge in [-0.2, -0.15) is 11.8 Å². The maximum absolute atomic E-state index is 14.7. The van der Waals surface area contributed by atoms with Gasteiger partial charge in [0.25, 0.3) is 0 Å². The summed E-state index contributed by atoms with van der Waals surface area (Å²) in [5.74, 6) is 3.35. The number of nitrogens with zero attached hydrogens (tertiary/aromatic N) is 2. The van der Waals surface area contributed by atoms with Gasteiger partial charge in [-0.15, -0.1) is 0 Å². The van der Waals surface area contributed by atoms with Crippen LogP contribution in [-0.4, -0.2) is 21.5 Å². The quantitative estimate of drug-likeness (QED) is 0.545. The molecule has 1 aliphatic heterocycles. The topological polar surface area (TPSA) is 63.8 Å². The molecule has 4 nitrogen and oxygen atoms in total. The highest BCUT2D eigenvalue weighted by Crippen LogP contribution is 2.32. The first-order valence-electron chi connectivity index (χ1n) is 9.80. The number of aryl methyl sites for hydroxylation is 2. The monoisotopic (exact) mass is 408 g/mol. The Balaban J connectivity index is 1.75. The van der Waals surface area contributed by atoms with E-state index in [0.717, 1.165) is 28.8 Å². The van der Waals surface area contributed by atoms with E-state index in [1.807, 2.05) is 31.7 Å². The number of nitrogens with one attached hydrogen (secondary N) is 1. The molecule has 1 aromatic heterocycles. The van der Waals surface area contributed by atoms with Crippen molar-refractivity contribution in [2.75, 3.05) is 22.6 Å². The lowest BCUT2D eigenvalue weighted by molar-refractivity contribution is 0.592. The number of thioether (sulfide) groups is 1. The van der Waals surface area contributed by atoms with Gasteiger partial charge in [0.1, 0.15) is 17.5 Å². The first-order valence-corrected chi connectivity index (χ1v) is 11.0. The summed E-state index contributed by atoms with van der Waals surface area (Å²) in [6, 6.07) is 9.37. The molecule has 0 unspecified atom stereocenters. The third kappa shape index (κ3) is 4.08. The second kappa shape index (κ2) is 8.03. The van der Waals surface area contributed by atoms with E-state index in [9.17, 15) is 4.39 Å². The zero-order valence-electron chi connectivity index (χ0n) is 16.9. The van der Waals surface area contributed by atoms with Gasteiger partial charge in [-0.3, -0.25) is 0 Å². The van der Waals surface area contributed by atoms with Gasteiger partial charge in [-0.05, 0) is 73.9 Å². The molecular formula is C23H25FN4S. The number of fused-ring (bicyclic) bond motifs is 1. The van der Waals surface area contributed by atoms with E-state index in [1.165, 1.54) is 11.1 Å². The molecule has 3 aromatic rings. The Kier molecular flexibility index (Phi) is 5.46. The molecule has 6 heteroatoms. The number of halogens is 1. The molecule has 1 aliphatic rings. The summed E-state index contributed by atoms with van der Waals surface area (Å²) >= 11 is 1.95. The summed E-state index contributed by atoms with van der Waals surface area (Å²) in [5.41, 5.74) is 11.0. The van der Waals surface area contributed by atoms with Crippen molar-refractivity contribution in [1.82, 2.24) is 9.97 Å². The number of benzene rings is 2. The van der Waals surface area contributed by atoms with Crippen LogP contribution in [0.4, 0.5) is 15.9 Å². The minimum Gasteiger partial charge on any atom is -0.399 e. The van der Waals surface area contributed by atoms with E-state index < -0.39 is 0 Å². The molecular weight excluding hydrogens is 383 g/mol. The number of allylic oxidation sites excluding steroid dienone is 1. The Labute approximate surface area is 174 Å². The van der Waals surface area contributed by atoms with Crippen LogP contribution < -0.4 is 11.1 Å². The highest BCUT2D eigenvalue weighted by atomic mass is 32.2. The summed E-state index contributed by atoms with van der Waals surface area (Å²) in [4.78, 5) is 9.21. The smallest absolute Gasteiger partial charge is 0.138 e. The van der Waals surface area contributed by atoms with E-state index in [2.05, 4.69) is 33.5 Å². The van der Waals surface area contributed by atoms with Crippen molar-refractivity contribution in [3.63, 3.8) is 0 Å². The normalized spacial score (nSPS) is 15.2. The summed E-state index contributed by atoms with van der Waals surface area (Å²) in [7, 11) is 0. The molecule has 0 saturated carbocycles. The molecule has 0 radical (unpaired) electrons. The summed E-state index contributed by atoms with van der Waals surface area (Å²) < 4.78 is 14.7. The van der Waals surface area contributed by atoms with Crippen LogP contribution in [0.1, 0.15) is 41.9 Å². The van der Waals surface area contributed by atoms with Crippen LogP contribution in [0.15, 0.2) is 36.4 Å². The van der Waals surface area contributed by atoms with Crippen molar-refractivity contribution >= 4 is 39.7 Å². The number of hydrogen-bond acceptors (Lipinski definition) is 5. The van der Waals surface area contributed by atoms with Gasteiger partial charge in [-0.1, -0.05) is 12.1 Å². The van der Waals surface area contributed by atoms with Crippen LogP contribution in [0.5, 0.6) is 0 Å². The Hall–Kier alpha value is -2.60. The summed E-state index contributed by atoms with van der Waals surface area (Å²) in [6.45, 7) is 5.52. The second-order valence-corrected chi connectivity index (χ2v) is 8.66. The van der Waals surface area contributed by atoms with Gasteiger partial charge in [0.15, 0.2) is 0 Å². The first kappa shape index (κ1) is 19.7. The Morgan fingerprint density at radius 3 is 2.76 bits per heavy atom. The molecule has 0 fully saturated rings. The number of anilines is 2. The largest absolute Gasteiger partial charge is 0.399 e. The van der Waals surface area contributed by atoms with Gasteiger partial charge in [0.2, 0.25) is 0 Å². The maximum Gasteiger partial charge on any atom is 0.138 e. The van der Waals surface area contributed by atoms with Crippen LogP contribution in [0.2, 0.25) is 0 Å². The van der Waals surface area contributed by atoms with Crippen molar-refractivity contribution in [2.45, 2.75) is 33.2 Å². The third-order valence-corrected chi connectivity index (χ3v) is 6.16. The number of hydrogen-bond donors (Lipinski definition) is 2. The third-order valence-electron chi connectivity index (χ3n) is 5.27. The lowest BCUT2D eigenvalue weighted by atomic mass is 10.0. The van der Waals surface area contributed by atoms with Gasteiger partial charge in [0.05, 0.1) is 11.6 Å². The van der Waals surface area contributed by atoms with Crippen LogP contribution in [-0.2, 0) is 0 Å². The SMILES string of the molecule is Cc1nc(N[C@H](C)c2cc(N)cc(C)c2F)c2cc(C3=CCSCC3)ccc2n1. The number of nitrogen functional groups attached to an aromatic ring is 1. The standard InChI is InChI=1S/C23H25FN4S/c1-13-10-18(25)12-19(22(13)24)14(2)26-23-20-11-17(16-6-8-29-9-7-16)4-5-21(20)27-15(3)28-23/h4-6,10-12,14H,7-9,25H2,1-3H3,(H,26,27,28)/t14-/m1/s1. The highest BCUT2D eigenvalue weighted by Gasteiger charge is 2.17. The van der Waals surface area contributed by atoms with Gasteiger partial charge < -0.3 is 11.1 Å². The van der Waals surface area contributed by atoms with Crippen LogP contribution in [0.25, 0.3) is 16.5 Å². The lowest BCUT2D eigenvalue weighted by Gasteiger charge is -2.19. The number of nitrogens with two attached hydrogens (primary N) is 1. The summed E-state index contributed by atoms with van der Waals surface area (Å²) in [6.07, 6.45) is 3.36. The second-order valence-electron chi connectivity index (χ2n) is 7.51. The Bertz CT molecular complexity index is 1110. The van der Waals surface area contributed by atoms with Crippen LogP contribution >= 0.6 is 11.8 Å². The minimum absolute atomic E-state index is 0.236. The van der Waals surface area contributed by atoms with Crippen molar-refractivity contribution in [3.8, 4) is 0 Å². The van der Waals surface area contributed by atoms with Crippen molar-refractivity contribution < 1.29 is 4.39 Å². The molecule has 0 amide bonds. The van der Waals surface area contributed by atoms with E-state index >= 15 is 0 Å². The molecule has 0 aliphatic carbocycles. The fourth-order valence-corrected chi connectivity index (χ4v) is 4.62. The minimum atomic E-state index is -0.288. The molecule has 0 saturated heterocycles. The predicted molar refractivity (Wildman–Crippen MR) is 122 cm³/mol. The predicted octanol–water partition coefficient (Wildman–Crippen LogP) is 5.66. The fourth-order valence-electron chi connectivity index (χ4n) is 3.77. The zero-order valence-corrected chi connectivity index (χ0v) is 17.7. The van der Waals surface area contributed by atoms with Gasteiger partial charge in [0, 0.05) is 22.4 Å². The Morgan fingerprint density at radius 1 is 1.17 bits per heavy atom. The van der Waals surface area contributed by atoms with E-state index in [-0.39, 0.29) is 11.9 Å². The maximum atomic E-state index is 14.7. The molecule has 3 N–H and O–H groups in total. The van der Waals surface area contributed by atoms with Crippen molar-refractivity contribution in [2.24, 2.45) is 0 Å². The average Bonchev–Trinajstić information content (AvgIpc) is 2.71. The van der Waals surface area contributed by atoms with Crippen LogP contribution in [0.3, 0.4) is 0 Å². The van der Waals surface area contributed by atoms with Gasteiger partial charge >= 0.3 is 0 Å². The molecule has 0 bridgehead atoms. The van der Waals surface area contributed by atoms with Crippen molar-refractivity contribution in [1.29, 1.82) is 0 Å². The highest BCUT2D eigenvalue weighted by molar-refractivity contribution is 7.99. The molecule has 4 rings (SSSR count). The van der Waals surface area contributed by atoms with E-state index in [4.69, 9.17) is 5.73 Å². The molecule has 2 aromatic carbocycles. The number of rotatable bonds is 4. The zero-order chi connectivity index (χ0) is 20.5. The average molecular weight is 409 g/mol. The first-order chi connectivity index (χ1) is 13.9. The molecule has 29 heavy (non-hydrogen) atoms. The summed E-state index contributed by atoms with van der Waals surface area (Å²) in [5, 5.41) is 4.34. The fraction of sp³-hybridized carbons (Fsp3) is 0.304. The Morgan fingerprint density at radius 2 is 2.00 bits per heavy atom. The number of aromatic nitrogens is 2. The molecule has 1 atom stereocenters. The molecule has 150 valence electrons. The molecule has 0 spiro atoms. The van der Waals surface area contributed by atoms with Gasteiger partial charge in [-0.25, -0.2) is 14.4 Å². The van der Waals surface area contributed by atoms with E-state index in [1.54, 1.807) is 19.1 Å².